The van der Waals surface area contributed by atoms with E-state index in [0.29, 0.717) is 49.1 Å². The number of nitrogens with one attached hydrogen (secondary N) is 2. The van der Waals surface area contributed by atoms with Crippen LogP contribution in [0.5, 0.6) is 11.5 Å². The summed E-state index contributed by atoms with van der Waals surface area (Å²) in [6.45, 7) is 5.44. The van der Waals surface area contributed by atoms with Crippen LogP contribution in [0.25, 0.3) is 20.8 Å². The number of rotatable bonds is 7. The van der Waals surface area contributed by atoms with Crippen LogP contribution in [0, 0.1) is 6.92 Å². The maximum Gasteiger partial charge on any atom is 0.247 e. The van der Waals surface area contributed by atoms with Crippen LogP contribution in [0.15, 0.2) is 49.2 Å². The molecule has 0 aliphatic heterocycles. The molecule has 0 unspecified atom stereocenters. The number of ether oxygens (including phenoxy) is 2. The lowest BCUT2D eigenvalue weighted by Gasteiger charge is -2.14. The van der Waals surface area contributed by atoms with Gasteiger partial charge in [0.2, 0.25) is 5.91 Å². The van der Waals surface area contributed by atoms with Gasteiger partial charge in [0.1, 0.15) is 27.8 Å². The van der Waals surface area contributed by atoms with Crippen LogP contribution in [0.1, 0.15) is 5.56 Å². The van der Waals surface area contributed by atoms with Gasteiger partial charge < -0.3 is 20.1 Å². The van der Waals surface area contributed by atoms with Gasteiger partial charge in [-0.3, -0.25) is 4.79 Å². The first kappa shape index (κ1) is 23.8. The molecular formula is C24H20Cl2N4O3S. The van der Waals surface area contributed by atoms with Crippen molar-refractivity contribution >= 4 is 67.9 Å². The summed E-state index contributed by atoms with van der Waals surface area (Å²) in [5.74, 6) is 1.16. The zero-order valence-electron chi connectivity index (χ0n) is 18.5. The summed E-state index contributed by atoms with van der Waals surface area (Å²) in [6, 6.07) is 9.12. The minimum absolute atomic E-state index is 0.299. The number of thiazole rings is 1. The van der Waals surface area contributed by atoms with Gasteiger partial charge in [0.05, 0.1) is 52.1 Å². The van der Waals surface area contributed by atoms with Crippen molar-refractivity contribution in [2.75, 3.05) is 24.9 Å². The number of anilines is 3. The van der Waals surface area contributed by atoms with E-state index < -0.39 is 0 Å². The van der Waals surface area contributed by atoms with Crippen LogP contribution in [-0.2, 0) is 4.79 Å². The summed E-state index contributed by atoms with van der Waals surface area (Å²) in [5, 5.41) is 7.41. The third kappa shape index (κ3) is 4.52. The number of carbonyl (C=O) groups excluding carboxylic acids is 1. The number of hydrogen-bond acceptors (Lipinski definition) is 7. The molecule has 7 nitrogen and oxygen atoms in total. The van der Waals surface area contributed by atoms with Gasteiger partial charge in [-0.25, -0.2) is 9.97 Å². The van der Waals surface area contributed by atoms with E-state index in [0.717, 1.165) is 16.0 Å². The lowest BCUT2D eigenvalue weighted by Crippen LogP contribution is -2.10. The number of halogens is 2. The molecule has 0 bridgehead atoms. The highest BCUT2D eigenvalue weighted by Gasteiger charge is 2.22. The largest absolute Gasteiger partial charge is 0.495 e. The van der Waals surface area contributed by atoms with Crippen LogP contribution in [0.2, 0.25) is 10.0 Å². The van der Waals surface area contributed by atoms with Gasteiger partial charge >= 0.3 is 0 Å². The van der Waals surface area contributed by atoms with Gasteiger partial charge in [0.25, 0.3) is 0 Å². The van der Waals surface area contributed by atoms with Crippen molar-refractivity contribution in [3.05, 3.63) is 64.8 Å². The average molecular weight is 515 g/mol. The highest BCUT2D eigenvalue weighted by Crippen LogP contribution is 2.47. The number of aromatic nitrogens is 2. The Morgan fingerprint density at radius 2 is 1.85 bits per heavy atom. The minimum atomic E-state index is -0.299. The highest BCUT2D eigenvalue weighted by molar-refractivity contribution is 7.21. The van der Waals surface area contributed by atoms with Crippen molar-refractivity contribution in [2.45, 2.75) is 6.92 Å². The van der Waals surface area contributed by atoms with Gasteiger partial charge in [-0.1, -0.05) is 41.9 Å². The van der Waals surface area contributed by atoms with E-state index >= 15 is 0 Å². The molecule has 10 heteroatoms. The molecular weight excluding hydrogens is 495 g/mol. The third-order valence-corrected chi connectivity index (χ3v) is 6.82. The monoisotopic (exact) mass is 514 g/mol. The third-order valence-electron chi connectivity index (χ3n) is 5.03. The second-order valence-corrected chi connectivity index (χ2v) is 8.94. The molecule has 0 aliphatic carbocycles. The first-order chi connectivity index (χ1) is 16.4. The molecule has 1 amide bonds. The Bertz CT molecular complexity index is 1390. The van der Waals surface area contributed by atoms with E-state index in [-0.39, 0.29) is 5.91 Å². The summed E-state index contributed by atoms with van der Waals surface area (Å²) < 4.78 is 11.6. The fourth-order valence-corrected chi connectivity index (χ4v) is 5.15. The number of nitrogens with zero attached hydrogens (tertiary/aromatic N) is 2. The van der Waals surface area contributed by atoms with Gasteiger partial charge in [-0.05, 0) is 24.6 Å². The van der Waals surface area contributed by atoms with Gasteiger partial charge in [0, 0.05) is 12.1 Å². The molecule has 0 saturated carbocycles. The number of amides is 1. The Labute approximate surface area is 210 Å². The molecule has 2 heterocycles. The molecule has 0 saturated heterocycles. The molecule has 2 aromatic carbocycles. The van der Waals surface area contributed by atoms with Crippen LogP contribution in [0.4, 0.5) is 17.2 Å². The number of carbonyl (C=O) groups is 1. The molecule has 0 radical (unpaired) electrons. The van der Waals surface area contributed by atoms with Crippen molar-refractivity contribution in [3.63, 3.8) is 0 Å². The molecule has 174 valence electrons. The number of methoxy groups -OCH3 is 2. The molecule has 2 aromatic heterocycles. The van der Waals surface area contributed by atoms with E-state index in [2.05, 4.69) is 27.2 Å². The van der Waals surface area contributed by atoms with E-state index in [4.69, 9.17) is 32.7 Å². The van der Waals surface area contributed by atoms with Crippen molar-refractivity contribution in [1.82, 2.24) is 9.97 Å². The van der Waals surface area contributed by atoms with Crippen LogP contribution >= 0.6 is 34.5 Å². The summed E-state index contributed by atoms with van der Waals surface area (Å²) >= 11 is 14.5. The Hall–Kier alpha value is -3.33. The summed E-state index contributed by atoms with van der Waals surface area (Å²) in [5.41, 5.74) is 3.51. The predicted molar refractivity (Wildman–Crippen MR) is 139 cm³/mol. The first-order valence-corrected chi connectivity index (χ1v) is 11.6. The fourth-order valence-electron chi connectivity index (χ4n) is 3.33. The smallest absolute Gasteiger partial charge is 0.247 e. The van der Waals surface area contributed by atoms with Gasteiger partial charge in [0.15, 0.2) is 0 Å². The van der Waals surface area contributed by atoms with Gasteiger partial charge in [-0.15, -0.1) is 11.3 Å². The summed E-state index contributed by atoms with van der Waals surface area (Å²) in [4.78, 5) is 21.0. The van der Waals surface area contributed by atoms with Crippen molar-refractivity contribution < 1.29 is 14.3 Å². The second-order valence-electron chi connectivity index (χ2n) is 7.16. The van der Waals surface area contributed by atoms with E-state index in [1.54, 1.807) is 18.3 Å². The molecule has 0 fully saturated rings. The topological polar surface area (TPSA) is 85.4 Å². The molecule has 0 atom stereocenters. The molecule has 0 spiro atoms. The lowest BCUT2D eigenvalue weighted by atomic mass is 10.1. The fraction of sp³-hybridized carbons (Fsp3) is 0.125. The number of fused-ring (bicyclic) bond motifs is 1. The Balaban J connectivity index is 1.75. The number of aryl methyl sites for hydroxylation is 1. The van der Waals surface area contributed by atoms with Gasteiger partial charge in [-0.2, -0.15) is 0 Å². The number of benzene rings is 2. The minimum Gasteiger partial charge on any atom is -0.495 e. The van der Waals surface area contributed by atoms with Crippen LogP contribution in [0.3, 0.4) is 0 Å². The Morgan fingerprint density at radius 3 is 2.50 bits per heavy atom. The quantitative estimate of drug-likeness (QED) is 0.262. The normalized spacial score (nSPS) is 10.7. The lowest BCUT2D eigenvalue weighted by molar-refractivity contribution is -0.111. The number of pyridine rings is 1. The van der Waals surface area contributed by atoms with Crippen LogP contribution in [-0.4, -0.2) is 30.1 Å². The molecule has 4 aromatic rings. The Kier molecular flexibility index (Phi) is 6.92. The summed E-state index contributed by atoms with van der Waals surface area (Å²) in [6.07, 6.45) is 2.89. The van der Waals surface area contributed by atoms with Crippen LogP contribution < -0.4 is 20.1 Å². The van der Waals surface area contributed by atoms with E-state index in [1.165, 1.54) is 31.6 Å². The molecule has 4 rings (SSSR count). The van der Waals surface area contributed by atoms with E-state index in [1.807, 2.05) is 25.1 Å². The highest BCUT2D eigenvalue weighted by atomic mass is 35.5. The average Bonchev–Trinajstić information content (AvgIpc) is 3.24. The summed E-state index contributed by atoms with van der Waals surface area (Å²) in [7, 11) is 3.05. The van der Waals surface area contributed by atoms with Crippen molar-refractivity contribution in [2.24, 2.45) is 0 Å². The zero-order chi connectivity index (χ0) is 24.4. The molecule has 34 heavy (non-hydrogen) atoms. The SMILES string of the molecule is C=CC(=O)Nc1cccc(C)c1Nc1cc2sc(-c3c(Cl)c(OC)cc(OC)c3Cl)nc2cn1. The van der Waals surface area contributed by atoms with Crippen molar-refractivity contribution in [3.8, 4) is 22.1 Å². The molecule has 0 aliphatic rings. The van der Waals surface area contributed by atoms with E-state index in [9.17, 15) is 4.79 Å². The maximum atomic E-state index is 11.8. The van der Waals surface area contributed by atoms with Crippen molar-refractivity contribution in [1.29, 1.82) is 0 Å². The predicted octanol–water partition coefficient (Wildman–Crippen LogP) is 6.86. The first-order valence-electron chi connectivity index (χ1n) is 10.0. The maximum absolute atomic E-state index is 11.8. The Morgan fingerprint density at radius 1 is 1.15 bits per heavy atom. The standard InChI is InChI=1S/C24H20Cl2N4O3S/c1-5-19(31)28-13-8-6-7-12(2)23(13)30-18-10-17-14(11-27-18)29-24(34-17)20-21(25)15(32-3)9-16(33-4)22(20)26/h5-11H,1H2,2-4H3,(H,27,30)(H,28,31). The second kappa shape index (κ2) is 9.89. The molecule has 2 N–H and O–H groups in total. The number of hydrogen-bond donors (Lipinski definition) is 2. The zero-order valence-corrected chi connectivity index (χ0v) is 20.9. The number of para-hydroxylation sites is 1.